The highest BCUT2D eigenvalue weighted by molar-refractivity contribution is 5.85. The van der Waals surface area contributed by atoms with Crippen LogP contribution in [0.5, 0.6) is 0 Å². The summed E-state index contributed by atoms with van der Waals surface area (Å²) in [6.45, 7) is 3.13. The zero-order valence-electron chi connectivity index (χ0n) is 13.5. The minimum atomic E-state index is -1.16. The number of aromatic nitrogens is 4. The smallest absolute Gasteiger partial charge is 0.209 e. The molecule has 0 unspecified atom stereocenters. The summed E-state index contributed by atoms with van der Waals surface area (Å²) in [5, 5.41) is 9.68. The molecule has 0 aliphatic rings. The third-order valence-electron chi connectivity index (χ3n) is 3.31. The summed E-state index contributed by atoms with van der Waals surface area (Å²) < 4.78 is 15.2. The molecule has 0 aliphatic carbocycles. The Morgan fingerprint density at radius 3 is 2.67 bits per heavy atom. The van der Waals surface area contributed by atoms with E-state index >= 15 is 0 Å². The van der Waals surface area contributed by atoms with E-state index < -0.39 is 5.60 Å². The Balaban J connectivity index is 2.18. The van der Waals surface area contributed by atoms with Gasteiger partial charge in [0.1, 0.15) is 17.2 Å². The lowest BCUT2D eigenvalue weighted by Crippen LogP contribution is -2.14. The molecule has 0 saturated heterocycles. The molecule has 0 spiro atoms. The highest BCUT2D eigenvalue weighted by Crippen LogP contribution is 2.25. The number of rotatable bonds is 1. The number of nitrogens with two attached hydrogens (primary N) is 1. The molecule has 2 aromatic heterocycles. The molecule has 122 valence electrons. The molecule has 0 atom stereocenters. The van der Waals surface area contributed by atoms with Crippen LogP contribution in [0.2, 0.25) is 0 Å². The fraction of sp³-hybridized carbons (Fsp3) is 0.235. The van der Waals surface area contributed by atoms with Gasteiger partial charge in [-0.3, -0.25) is 0 Å². The van der Waals surface area contributed by atoms with E-state index in [-0.39, 0.29) is 17.5 Å². The van der Waals surface area contributed by atoms with E-state index in [2.05, 4.69) is 26.8 Å². The topological polar surface area (TPSA) is 89.9 Å². The molecular formula is C17H16FN5O. The molecule has 0 aliphatic heterocycles. The highest BCUT2D eigenvalue weighted by Gasteiger charge is 2.16. The molecule has 0 saturated carbocycles. The lowest BCUT2D eigenvalue weighted by molar-refractivity contribution is 0.143. The largest absolute Gasteiger partial charge is 0.382 e. The summed E-state index contributed by atoms with van der Waals surface area (Å²) in [7, 11) is 1.76. The number of imidazole rings is 1. The van der Waals surface area contributed by atoms with Crippen LogP contribution in [0.25, 0.3) is 22.6 Å². The van der Waals surface area contributed by atoms with Gasteiger partial charge in [-0.05, 0) is 31.9 Å². The van der Waals surface area contributed by atoms with Crippen LogP contribution >= 0.6 is 0 Å². The van der Waals surface area contributed by atoms with Crippen molar-refractivity contribution >= 4 is 17.0 Å². The van der Waals surface area contributed by atoms with Crippen LogP contribution in [0.4, 0.5) is 10.2 Å². The van der Waals surface area contributed by atoms with Crippen molar-refractivity contribution in [3.63, 3.8) is 0 Å². The number of aliphatic hydroxyl groups is 1. The molecule has 0 bridgehead atoms. The second-order valence-electron chi connectivity index (χ2n) is 5.92. The first-order valence-electron chi connectivity index (χ1n) is 7.26. The quantitative estimate of drug-likeness (QED) is 0.667. The zero-order valence-corrected chi connectivity index (χ0v) is 13.5. The molecule has 3 aromatic rings. The van der Waals surface area contributed by atoms with Gasteiger partial charge in [-0.25, -0.2) is 19.3 Å². The van der Waals surface area contributed by atoms with Gasteiger partial charge in [-0.15, -0.1) is 0 Å². The average molecular weight is 325 g/mol. The van der Waals surface area contributed by atoms with Gasteiger partial charge < -0.3 is 15.4 Å². The van der Waals surface area contributed by atoms with Gasteiger partial charge >= 0.3 is 0 Å². The lowest BCUT2D eigenvalue weighted by Gasteiger charge is -2.05. The predicted molar refractivity (Wildman–Crippen MR) is 89.3 cm³/mol. The Labute approximate surface area is 138 Å². The molecular weight excluding hydrogens is 309 g/mol. The molecule has 6 nitrogen and oxygen atoms in total. The number of benzene rings is 1. The third-order valence-corrected chi connectivity index (χ3v) is 3.31. The van der Waals surface area contributed by atoms with Gasteiger partial charge in [0, 0.05) is 12.6 Å². The minimum Gasteiger partial charge on any atom is -0.382 e. The van der Waals surface area contributed by atoms with E-state index in [1.807, 2.05) is 0 Å². The van der Waals surface area contributed by atoms with Crippen LogP contribution in [-0.4, -0.2) is 30.2 Å². The Kier molecular flexibility index (Phi) is 3.70. The van der Waals surface area contributed by atoms with Gasteiger partial charge in [0.2, 0.25) is 5.82 Å². The van der Waals surface area contributed by atoms with E-state index in [4.69, 9.17) is 5.73 Å². The SMILES string of the molecule is Cn1c(-c2cccc(F)c2)nc2c(N)nc(C#CC(C)(C)O)nc21. The van der Waals surface area contributed by atoms with Crippen molar-refractivity contribution in [2.24, 2.45) is 7.05 Å². The van der Waals surface area contributed by atoms with E-state index in [9.17, 15) is 9.50 Å². The van der Waals surface area contributed by atoms with Gasteiger partial charge in [-0.2, -0.15) is 0 Å². The minimum absolute atomic E-state index is 0.179. The van der Waals surface area contributed by atoms with Crippen LogP contribution in [0.1, 0.15) is 19.7 Å². The Morgan fingerprint density at radius 2 is 2.00 bits per heavy atom. The summed E-state index contributed by atoms with van der Waals surface area (Å²) in [5.74, 6) is 5.88. The highest BCUT2D eigenvalue weighted by atomic mass is 19.1. The first-order chi connectivity index (χ1) is 11.2. The monoisotopic (exact) mass is 325 g/mol. The molecule has 0 amide bonds. The number of nitrogen functional groups attached to an aromatic ring is 1. The summed E-state index contributed by atoms with van der Waals surface area (Å²) in [5.41, 5.74) is 6.31. The van der Waals surface area contributed by atoms with Crippen LogP contribution in [0.3, 0.4) is 0 Å². The van der Waals surface area contributed by atoms with Gasteiger partial charge in [-0.1, -0.05) is 18.1 Å². The number of anilines is 1. The summed E-state index contributed by atoms with van der Waals surface area (Å²) >= 11 is 0. The third kappa shape index (κ3) is 3.05. The first kappa shape index (κ1) is 15.9. The van der Waals surface area contributed by atoms with E-state index in [1.165, 1.54) is 12.1 Å². The maximum Gasteiger partial charge on any atom is 0.209 e. The van der Waals surface area contributed by atoms with Crippen molar-refractivity contribution in [3.8, 4) is 23.2 Å². The van der Waals surface area contributed by atoms with Crippen LogP contribution in [0.15, 0.2) is 24.3 Å². The number of fused-ring (bicyclic) bond motifs is 1. The summed E-state index contributed by atoms with van der Waals surface area (Å²) in [4.78, 5) is 12.9. The maximum atomic E-state index is 13.5. The second kappa shape index (κ2) is 5.58. The van der Waals surface area contributed by atoms with Crippen molar-refractivity contribution < 1.29 is 9.50 Å². The zero-order chi connectivity index (χ0) is 17.5. The summed E-state index contributed by atoms with van der Waals surface area (Å²) in [6.07, 6.45) is 0. The molecule has 7 heteroatoms. The predicted octanol–water partition coefficient (Wildman–Crippen LogP) is 1.87. The van der Waals surface area contributed by atoms with Crippen molar-refractivity contribution in [2.45, 2.75) is 19.4 Å². The number of hydrogen-bond donors (Lipinski definition) is 2. The standard InChI is InChI=1S/C17H16FN5O/c1-17(2,24)8-7-12-20-14(19)13-16(21-12)23(3)15(22-13)10-5-4-6-11(18)9-10/h4-6,9,24H,1-3H3,(H2,19,20,21). The van der Waals surface area contributed by atoms with Crippen molar-refractivity contribution in [1.29, 1.82) is 0 Å². The Morgan fingerprint density at radius 1 is 1.25 bits per heavy atom. The average Bonchev–Trinajstić information content (AvgIpc) is 2.83. The van der Waals surface area contributed by atoms with E-state index in [1.54, 1.807) is 37.6 Å². The molecule has 3 N–H and O–H groups in total. The van der Waals surface area contributed by atoms with Gasteiger partial charge in [0.25, 0.3) is 0 Å². The summed E-state index contributed by atoms with van der Waals surface area (Å²) in [6, 6.07) is 6.12. The molecule has 24 heavy (non-hydrogen) atoms. The number of aryl methyl sites for hydroxylation is 1. The molecule has 2 heterocycles. The first-order valence-corrected chi connectivity index (χ1v) is 7.26. The normalized spacial score (nSPS) is 11.4. The molecule has 1 aromatic carbocycles. The van der Waals surface area contributed by atoms with E-state index in [0.717, 1.165) is 0 Å². The molecule has 3 rings (SSSR count). The fourth-order valence-electron chi connectivity index (χ4n) is 2.23. The number of nitrogens with zero attached hydrogens (tertiary/aromatic N) is 4. The number of halogens is 1. The van der Waals surface area contributed by atoms with Gasteiger partial charge in [0.15, 0.2) is 17.0 Å². The van der Waals surface area contributed by atoms with Crippen LogP contribution in [-0.2, 0) is 7.05 Å². The van der Waals surface area contributed by atoms with Gasteiger partial charge in [0.05, 0.1) is 0 Å². The Hall–Kier alpha value is -2.98. The molecule has 0 radical (unpaired) electrons. The molecule has 0 fully saturated rings. The second-order valence-corrected chi connectivity index (χ2v) is 5.92. The van der Waals surface area contributed by atoms with Crippen molar-refractivity contribution in [2.75, 3.05) is 5.73 Å². The number of hydrogen-bond acceptors (Lipinski definition) is 5. The van der Waals surface area contributed by atoms with Crippen LogP contribution in [0, 0.1) is 17.7 Å². The van der Waals surface area contributed by atoms with Crippen LogP contribution < -0.4 is 5.73 Å². The fourth-order valence-corrected chi connectivity index (χ4v) is 2.23. The maximum absolute atomic E-state index is 13.5. The Bertz CT molecular complexity index is 992. The van der Waals surface area contributed by atoms with Crippen molar-refractivity contribution in [1.82, 2.24) is 19.5 Å². The van der Waals surface area contributed by atoms with E-state index in [0.29, 0.717) is 22.6 Å². The van der Waals surface area contributed by atoms with Crippen molar-refractivity contribution in [3.05, 3.63) is 35.9 Å². The lowest BCUT2D eigenvalue weighted by atomic mass is 10.1.